The number of carbonyl (C=O) groups is 2. The lowest BCUT2D eigenvalue weighted by Crippen LogP contribution is -2.43. The van der Waals surface area contributed by atoms with Gasteiger partial charge in [-0.2, -0.15) is 0 Å². The molecular formula is C17H22N2O2. The van der Waals surface area contributed by atoms with Crippen molar-refractivity contribution in [2.75, 3.05) is 5.32 Å². The highest BCUT2D eigenvalue weighted by Gasteiger charge is 2.42. The number of imide groups is 1. The van der Waals surface area contributed by atoms with Crippen LogP contribution in [0.25, 0.3) is 0 Å². The summed E-state index contributed by atoms with van der Waals surface area (Å²) in [5.74, 6) is -0.0619. The maximum Gasteiger partial charge on any atom is 0.252 e. The standard InChI is InChI=1S/C17H22N2O2/c1-12-7-5-6-10-14(12)18-15-11-16(20)19(17(15)21)13-8-3-2-4-9-13/h5-7,10,13,15,18H,2-4,8-9,11H2,1H3. The Morgan fingerprint density at radius 2 is 1.81 bits per heavy atom. The Bertz CT molecular complexity index is 549. The van der Waals surface area contributed by atoms with Crippen LogP contribution < -0.4 is 5.32 Å². The number of rotatable bonds is 3. The van der Waals surface area contributed by atoms with Crippen LogP contribution in [0.5, 0.6) is 0 Å². The van der Waals surface area contributed by atoms with E-state index in [4.69, 9.17) is 0 Å². The predicted molar refractivity (Wildman–Crippen MR) is 81.9 cm³/mol. The largest absolute Gasteiger partial charge is 0.373 e. The molecular weight excluding hydrogens is 264 g/mol. The number of likely N-dealkylation sites (tertiary alicyclic amines) is 1. The first kappa shape index (κ1) is 14.1. The molecule has 0 spiro atoms. The Hall–Kier alpha value is -1.84. The first-order chi connectivity index (χ1) is 10.2. The van der Waals surface area contributed by atoms with Crippen LogP contribution in [0, 0.1) is 6.92 Å². The molecule has 4 heteroatoms. The minimum Gasteiger partial charge on any atom is -0.373 e. The van der Waals surface area contributed by atoms with Gasteiger partial charge in [-0.3, -0.25) is 14.5 Å². The molecule has 0 radical (unpaired) electrons. The summed E-state index contributed by atoms with van der Waals surface area (Å²) in [6.07, 6.45) is 5.68. The number of anilines is 1. The number of hydrogen-bond donors (Lipinski definition) is 1. The van der Waals surface area contributed by atoms with Crippen molar-refractivity contribution in [1.29, 1.82) is 0 Å². The van der Waals surface area contributed by atoms with E-state index in [9.17, 15) is 9.59 Å². The summed E-state index contributed by atoms with van der Waals surface area (Å²) in [4.78, 5) is 26.3. The minimum atomic E-state index is -0.402. The summed E-state index contributed by atoms with van der Waals surface area (Å²) < 4.78 is 0. The molecule has 2 fully saturated rings. The summed E-state index contributed by atoms with van der Waals surface area (Å²) in [6.45, 7) is 2.00. The zero-order valence-electron chi connectivity index (χ0n) is 12.5. The Morgan fingerprint density at radius 3 is 2.52 bits per heavy atom. The Morgan fingerprint density at radius 1 is 1.10 bits per heavy atom. The molecule has 1 aliphatic heterocycles. The molecule has 21 heavy (non-hydrogen) atoms. The molecule has 1 heterocycles. The van der Waals surface area contributed by atoms with Gasteiger partial charge in [0.2, 0.25) is 5.91 Å². The van der Waals surface area contributed by atoms with Crippen LogP contribution in [0.15, 0.2) is 24.3 Å². The van der Waals surface area contributed by atoms with Gasteiger partial charge in [0.15, 0.2) is 0 Å². The molecule has 1 N–H and O–H groups in total. The Kier molecular flexibility index (Phi) is 3.95. The molecule has 4 nitrogen and oxygen atoms in total. The molecule has 2 amide bonds. The Balaban J connectivity index is 1.72. The number of hydrogen-bond acceptors (Lipinski definition) is 3. The average molecular weight is 286 g/mol. The number of benzene rings is 1. The second-order valence-electron chi connectivity index (χ2n) is 6.11. The number of para-hydroxylation sites is 1. The van der Waals surface area contributed by atoms with Gasteiger partial charge in [0, 0.05) is 11.7 Å². The second kappa shape index (κ2) is 5.88. The summed E-state index contributed by atoms with van der Waals surface area (Å²) in [5, 5.41) is 3.25. The van der Waals surface area contributed by atoms with E-state index >= 15 is 0 Å². The maximum atomic E-state index is 12.6. The summed E-state index contributed by atoms with van der Waals surface area (Å²) >= 11 is 0. The Labute approximate surface area is 125 Å². The second-order valence-corrected chi connectivity index (χ2v) is 6.11. The van der Waals surface area contributed by atoms with Gasteiger partial charge in [0.25, 0.3) is 5.91 Å². The first-order valence-electron chi connectivity index (χ1n) is 7.85. The zero-order valence-corrected chi connectivity index (χ0v) is 12.5. The van der Waals surface area contributed by atoms with Gasteiger partial charge in [0.1, 0.15) is 6.04 Å². The molecule has 1 unspecified atom stereocenters. The normalized spacial score (nSPS) is 23.7. The van der Waals surface area contributed by atoms with E-state index in [1.165, 1.54) is 11.3 Å². The van der Waals surface area contributed by atoms with Crippen LogP contribution >= 0.6 is 0 Å². The van der Waals surface area contributed by atoms with Gasteiger partial charge < -0.3 is 5.32 Å². The first-order valence-corrected chi connectivity index (χ1v) is 7.85. The molecule has 1 atom stereocenters. The third-order valence-corrected chi connectivity index (χ3v) is 4.60. The monoisotopic (exact) mass is 286 g/mol. The van der Waals surface area contributed by atoms with Crippen molar-refractivity contribution in [3.63, 3.8) is 0 Å². The van der Waals surface area contributed by atoms with Gasteiger partial charge >= 0.3 is 0 Å². The average Bonchev–Trinajstić information content (AvgIpc) is 2.77. The number of nitrogens with one attached hydrogen (secondary N) is 1. The maximum absolute atomic E-state index is 12.6. The van der Waals surface area contributed by atoms with Gasteiger partial charge in [-0.25, -0.2) is 0 Å². The molecule has 1 aromatic carbocycles. The molecule has 1 saturated heterocycles. The van der Waals surface area contributed by atoms with Crippen molar-refractivity contribution in [2.45, 2.75) is 57.5 Å². The summed E-state index contributed by atoms with van der Waals surface area (Å²) in [7, 11) is 0. The van der Waals surface area contributed by atoms with Gasteiger partial charge in [-0.05, 0) is 31.4 Å². The molecule has 0 aromatic heterocycles. The number of carbonyl (C=O) groups excluding carboxylic acids is 2. The van der Waals surface area contributed by atoms with Crippen molar-refractivity contribution in [3.8, 4) is 0 Å². The lowest BCUT2D eigenvalue weighted by atomic mass is 9.94. The van der Waals surface area contributed by atoms with E-state index in [1.54, 1.807) is 0 Å². The van der Waals surface area contributed by atoms with Crippen LogP contribution in [0.1, 0.15) is 44.1 Å². The number of aryl methyl sites for hydroxylation is 1. The van der Waals surface area contributed by atoms with Gasteiger partial charge in [-0.1, -0.05) is 37.5 Å². The van der Waals surface area contributed by atoms with E-state index in [-0.39, 0.29) is 24.3 Å². The fraction of sp³-hybridized carbons (Fsp3) is 0.529. The van der Waals surface area contributed by atoms with Crippen LogP contribution in [-0.4, -0.2) is 28.8 Å². The van der Waals surface area contributed by atoms with E-state index in [1.807, 2.05) is 31.2 Å². The lowest BCUT2D eigenvalue weighted by molar-refractivity contribution is -0.141. The van der Waals surface area contributed by atoms with Crippen molar-refractivity contribution in [1.82, 2.24) is 4.90 Å². The van der Waals surface area contributed by atoms with E-state index in [0.29, 0.717) is 0 Å². The molecule has 1 aromatic rings. The molecule has 112 valence electrons. The van der Waals surface area contributed by atoms with E-state index in [0.717, 1.165) is 36.9 Å². The fourth-order valence-corrected chi connectivity index (χ4v) is 3.41. The fourth-order valence-electron chi connectivity index (χ4n) is 3.41. The predicted octanol–water partition coefficient (Wildman–Crippen LogP) is 2.87. The SMILES string of the molecule is Cc1ccccc1NC1CC(=O)N(C2CCCCC2)C1=O. The lowest BCUT2D eigenvalue weighted by Gasteiger charge is -2.29. The third kappa shape index (κ3) is 2.80. The van der Waals surface area contributed by atoms with Crippen molar-refractivity contribution >= 4 is 17.5 Å². The number of nitrogens with zero attached hydrogens (tertiary/aromatic N) is 1. The minimum absolute atomic E-state index is 0.0158. The quantitative estimate of drug-likeness (QED) is 0.869. The zero-order chi connectivity index (χ0) is 14.8. The van der Waals surface area contributed by atoms with Crippen LogP contribution in [-0.2, 0) is 9.59 Å². The van der Waals surface area contributed by atoms with Crippen molar-refractivity contribution in [3.05, 3.63) is 29.8 Å². The van der Waals surface area contributed by atoms with E-state index < -0.39 is 6.04 Å². The molecule has 0 bridgehead atoms. The van der Waals surface area contributed by atoms with Gasteiger partial charge in [-0.15, -0.1) is 0 Å². The highest BCUT2D eigenvalue weighted by atomic mass is 16.2. The molecule has 3 rings (SSSR count). The smallest absolute Gasteiger partial charge is 0.252 e. The molecule has 1 aliphatic carbocycles. The third-order valence-electron chi connectivity index (χ3n) is 4.60. The summed E-state index contributed by atoms with van der Waals surface area (Å²) in [6, 6.07) is 7.59. The highest BCUT2D eigenvalue weighted by molar-refractivity contribution is 6.07. The van der Waals surface area contributed by atoms with Crippen molar-refractivity contribution < 1.29 is 9.59 Å². The van der Waals surface area contributed by atoms with Crippen LogP contribution in [0.3, 0.4) is 0 Å². The van der Waals surface area contributed by atoms with Crippen molar-refractivity contribution in [2.24, 2.45) is 0 Å². The van der Waals surface area contributed by atoms with Crippen LogP contribution in [0.4, 0.5) is 5.69 Å². The molecule has 1 saturated carbocycles. The topological polar surface area (TPSA) is 49.4 Å². The highest BCUT2D eigenvalue weighted by Crippen LogP contribution is 2.28. The summed E-state index contributed by atoms with van der Waals surface area (Å²) in [5.41, 5.74) is 2.03. The van der Waals surface area contributed by atoms with Gasteiger partial charge in [0.05, 0.1) is 6.42 Å². The van der Waals surface area contributed by atoms with E-state index in [2.05, 4.69) is 5.32 Å². The van der Waals surface area contributed by atoms with Crippen LogP contribution in [0.2, 0.25) is 0 Å². The number of amides is 2. The molecule has 2 aliphatic rings.